The lowest BCUT2D eigenvalue weighted by Crippen LogP contribution is -2.21. The van der Waals surface area contributed by atoms with Gasteiger partial charge in [-0.25, -0.2) is 0 Å². The maximum atomic E-state index is 12.9. The number of hydrogen-bond donors (Lipinski definition) is 0. The van der Waals surface area contributed by atoms with E-state index in [4.69, 9.17) is 0 Å². The molecule has 0 aliphatic rings. The molecular weight excluding hydrogens is 272 g/mol. The fourth-order valence-corrected chi connectivity index (χ4v) is 2.92. The summed E-state index contributed by atoms with van der Waals surface area (Å²) in [6.45, 7) is 0.548. The van der Waals surface area contributed by atoms with Crippen LogP contribution in [0.15, 0.2) is 77.9 Å². The number of aromatic nitrogens is 2. The van der Waals surface area contributed by atoms with E-state index in [0.717, 1.165) is 27.2 Å². The van der Waals surface area contributed by atoms with Gasteiger partial charge in [-0.05, 0) is 35.2 Å². The summed E-state index contributed by atoms with van der Waals surface area (Å²) in [5, 5.41) is 2.87. The summed E-state index contributed by atoms with van der Waals surface area (Å²) in [5.41, 5.74) is 2.08. The molecule has 0 aliphatic carbocycles. The van der Waals surface area contributed by atoms with Crippen LogP contribution < -0.4 is 5.56 Å². The van der Waals surface area contributed by atoms with Crippen molar-refractivity contribution in [3.63, 3.8) is 0 Å². The van der Waals surface area contributed by atoms with Crippen molar-refractivity contribution in [3.05, 3.63) is 89.0 Å². The van der Waals surface area contributed by atoms with Crippen LogP contribution in [-0.4, -0.2) is 9.55 Å². The molecule has 22 heavy (non-hydrogen) atoms. The van der Waals surface area contributed by atoms with E-state index in [1.54, 1.807) is 12.4 Å². The van der Waals surface area contributed by atoms with E-state index in [9.17, 15) is 4.79 Å². The summed E-state index contributed by atoms with van der Waals surface area (Å²) in [6.07, 6.45) is 3.51. The zero-order valence-electron chi connectivity index (χ0n) is 11.9. The third-order valence-electron chi connectivity index (χ3n) is 3.98. The molecule has 3 nitrogen and oxygen atoms in total. The molecule has 0 fully saturated rings. The second-order valence-electron chi connectivity index (χ2n) is 5.31. The Balaban J connectivity index is 2.07. The molecule has 0 radical (unpaired) electrons. The van der Waals surface area contributed by atoms with Crippen molar-refractivity contribution in [1.29, 1.82) is 0 Å². The lowest BCUT2D eigenvalue weighted by Gasteiger charge is -2.13. The molecular formula is C19H14N2O. The SMILES string of the molecule is O=c1c2ccccc2c2ccccc2n1Cc1ccncc1. The Morgan fingerprint density at radius 3 is 2.18 bits per heavy atom. The van der Waals surface area contributed by atoms with Gasteiger partial charge in [-0.1, -0.05) is 36.4 Å². The fraction of sp³-hybridized carbons (Fsp3) is 0.0526. The summed E-state index contributed by atoms with van der Waals surface area (Å²) in [4.78, 5) is 16.9. The highest BCUT2D eigenvalue weighted by atomic mass is 16.1. The summed E-state index contributed by atoms with van der Waals surface area (Å²) in [5.74, 6) is 0. The van der Waals surface area contributed by atoms with Crippen molar-refractivity contribution < 1.29 is 0 Å². The van der Waals surface area contributed by atoms with Crippen LogP contribution in [0.1, 0.15) is 5.56 Å². The molecule has 0 saturated carbocycles. The molecule has 3 heteroatoms. The highest BCUT2D eigenvalue weighted by Crippen LogP contribution is 2.22. The number of hydrogen-bond acceptors (Lipinski definition) is 2. The van der Waals surface area contributed by atoms with Crippen LogP contribution in [0, 0.1) is 0 Å². The van der Waals surface area contributed by atoms with Crippen molar-refractivity contribution in [2.75, 3.05) is 0 Å². The molecule has 4 aromatic rings. The van der Waals surface area contributed by atoms with E-state index >= 15 is 0 Å². The monoisotopic (exact) mass is 286 g/mol. The minimum absolute atomic E-state index is 0.0473. The molecule has 2 aromatic heterocycles. The number of rotatable bonds is 2. The van der Waals surface area contributed by atoms with Gasteiger partial charge in [0.05, 0.1) is 12.1 Å². The summed E-state index contributed by atoms with van der Waals surface area (Å²) < 4.78 is 1.84. The average molecular weight is 286 g/mol. The second-order valence-corrected chi connectivity index (χ2v) is 5.31. The Bertz CT molecular complexity index is 1020. The Morgan fingerprint density at radius 1 is 0.773 bits per heavy atom. The number of para-hydroxylation sites is 1. The first-order chi connectivity index (χ1) is 10.8. The highest BCUT2D eigenvalue weighted by Gasteiger charge is 2.10. The van der Waals surface area contributed by atoms with Crippen LogP contribution in [0.25, 0.3) is 21.7 Å². The molecule has 0 N–H and O–H groups in total. The Labute approximate surface area is 127 Å². The first-order valence-corrected chi connectivity index (χ1v) is 7.24. The van der Waals surface area contributed by atoms with Crippen LogP contribution in [0.4, 0.5) is 0 Å². The van der Waals surface area contributed by atoms with Crippen molar-refractivity contribution in [1.82, 2.24) is 9.55 Å². The summed E-state index contributed by atoms with van der Waals surface area (Å²) in [7, 11) is 0. The number of benzene rings is 2. The topological polar surface area (TPSA) is 34.9 Å². The van der Waals surface area contributed by atoms with Crippen LogP contribution in [-0.2, 0) is 6.54 Å². The van der Waals surface area contributed by atoms with E-state index in [-0.39, 0.29) is 5.56 Å². The van der Waals surface area contributed by atoms with E-state index in [1.807, 2.05) is 59.2 Å². The third kappa shape index (κ3) is 1.99. The van der Waals surface area contributed by atoms with Gasteiger partial charge >= 0.3 is 0 Å². The van der Waals surface area contributed by atoms with Crippen LogP contribution in [0.2, 0.25) is 0 Å². The van der Waals surface area contributed by atoms with E-state index in [0.29, 0.717) is 6.54 Å². The van der Waals surface area contributed by atoms with Gasteiger partial charge in [-0.3, -0.25) is 9.78 Å². The Kier molecular flexibility index (Phi) is 2.97. The normalized spacial score (nSPS) is 11.1. The minimum Gasteiger partial charge on any atom is -0.303 e. The minimum atomic E-state index is 0.0473. The predicted octanol–water partition coefficient (Wildman–Crippen LogP) is 3.60. The van der Waals surface area contributed by atoms with E-state index in [1.165, 1.54) is 0 Å². The second kappa shape index (κ2) is 5.11. The van der Waals surface area contributed by atoms with Gasteiger partial charge in [-0.15, -0.1) is 0 Å². The molecule has 2 aromatic carbocycles. The molecule has 0 saturated heterocycles. The third-order valence-corrected chi connectivity index (χ3v) is 3.98. The molecule has 0 amide bonds. The zero-order valence-corrected chi connectivity index (χ0v) is 11.9. The fourth-order valence-electron chi connectivity index (χ4n) is 2.92. The molecule has 0 spiro atoms. The van der Waals surface area contributed by atoms with E-state index < -0.39 is 0 Å². The molecule has 4 rings (SSSR count). The first-order valence-electron chi connectivity index (χ1n) is 7.24. The molecule has 106 valence electrons. The molecule has 2 heterocycles. The quantitative estimate of drug-likeness (QED) is 0.528. The highest BCUT2D eigenvalue weighted by molar-refractivity contribution is 6.05. The number of fused-ring (bicyclic) bond motifs is 3. The van der Waals surface area contributed by atoms with E-state index in [2.05, 4.69) is 11.1 Å². The van der Waals surface area contributed by atoms with Gasteiger partial charge in [0, 0.05) is 23.2 Å². The molecule has 0 atom stereocenters. The van der Waals surface area contributed by atoms with Crippen LogP contribution in [0.5, 0.6) is 0 Å². The standard InChI is InChI=1S/C19H14N2O/c22-19-17-7-2-1-5-15(17)16-6-3-4-8-18(16)21(19)13-14-9-11-20-12-10-14/h1-12H,13H2. The summed E-state index contributed by atoms with van der Waals surface area (Å²) >= 11 is 0. The smallest absolute Gasteiger partial charge is 0.259 e. The van der Waals surface area contributed by atoms with Gasteiger partial charge in [0.15, 0.2) is 0 Å². The predicted molar refractivity (Wildman–Crippen MR) is 89.1 cm³/mol. The maximum absolute atomic E-state index is 12.9. The Morgan fingerprint density at radius 2 is 1.41 bits per heavy atom. The van der Waals surface area contributed by atoms with Crippen LogP contribution >= 0.6 is 0 Å². The molecule has 0 unspecified atom stereocenters. The number of pyridine rings is 2. The Hall–Kier alpha value is -2.94. The lowest BCUT2D eigenvalue weighted by molar-refractivity contribution is 0.801. The number of nitrogens with zero attached hydrogens (tertiary/aromatic N) is 2. The van der Waals surface area contributed by atoms with Crippen molar-refractivity contribution in [2.24, 2.45) is 0 Å². The van der Waals surface area contributed by atoms with Crippen molar-refractivity contribution in [2.45, 2.75) is 6.54 Å². The van der Waals surface area contributed by atoms with Gasteiger partial charge in [-0.2, -0.15) is 0 Å². The van der Waals surface area contributed by atoms with Gasteiger partial charge in [0.1, 0.15) is 0 Å². The molecule has 0 aliphatic heterocycles. The molecule has 0 bridgehead atoms. The summed E-state index contributed by atoms with van der Waals surface area (Å²) in [6, 6.07) is 19.7. The van der Waals surface area contributed by atoms with Gasteiger partial charge in [0.25, 0.3) is 5.56 Å². The van der Waals surface area contributed by atoms with Crippen molar-refractivity contribution >= 4 is 21.7 Å². The van der Waals surface area contributed by atoms with Gasteiger partial charge in [0.2, 0.25) is 0 Å². The average Bonchev–Trinajstić information content (AvgIpc) is 2.59. The zero-order chi connectivity index (χ0) is 14.9. The maximum Gasteiger partial charge on any atom is 0.259 e. The lowest BCUT2D eigenvalue weighted by atomic mass is 10.1. The largest absolute Gasteiger partial charge is 0.303 e. The van der Waals surface area contributed by atoms with Gasteiger partial charge < -0.3 is 4.57 Å². The van der Waals surface area contributed by atoms with Crippen molar-refractivity contribution in [3.8, 4) is 0 Å². The first kappa shape index (κ1) is 12.8. The van der Waals surface area contributed by atoms with Crippen LogP contribution in [0.3, 0.4) is 0 Å².